The Morgan fingerprint density at radius 2 is 2.24 bits per heavy atom. The summed E-state index contributed by atoms with van der Waals surface area (Å²) in [6, 6.07) is 7.48. The minimum absolute atomic E-state index is 0.00383. The molecule has 0 aliphatic carbocycles. The zero-order valence-electron chi connectivity index (χ0n) is 11.8. The Morgan fingerprint density at radius 1 is 1.43 bits per heavy atom. The van der Waals surface area contributed by atoms with Gasteiger partial charge < -0.3 is 9.32 Å². The fourth-order valence-corrected chi connectivity index (χ4v) is 2.30. The average Bonchev–Trinajstić information content (AvgIpc) is 3.15. The first-order chi connectivity index (χ1) is 10.2. The highest BCUT2D eigenvalue weighted by atomic mass is 16.3. The summed E-state index contributed by atoms with van der Waals surface area (Å²) in [4.78, 5) is 14.2. The molecular weight excluding hydrogens is 270 g/mol. The lowest BCUT2D eigenvalue weighted by Crippen LogP contribution is -2.30. The van der Waals surface area contributed by atoms with Crippen LogP contribution in [0.3, 0.4) is 0 Å². The molecular formula is C14H15N5O2. The molecule has 0 aliphatic heterocycles. The molecule has 1 aromatic carbocycles. The van der Waals surface area contributed by atoms with E-state index < -0.39 is 0 Å². The van der Waals surface area contributed by atoms with E-state index in [9.17, 15) is 4.79 Å². The molecule has 0 bridgehead atoms. The first kappa shape index (κ1) is 13.3. The number of para-hydroxylation sites is 1. The number of carbonyl (C=O) groups is 1. The van der Waals surface area contributed by atoms with Crippen molar-refractivity contribution < 1.29 is 9.21 Å². The number of tetrazole rings is 1. The third-order valence-corrected chi connectivity index (χ3v) is 3.41. The first-order valence-corrected chi connectivity index (χ1v) is 6.62. The van der Waals surface area contributed by atoms with E-state index >= 15 is 0 Å². The normalized spacial score (nSPS) is 12.5. The molecule has 7 nitrogen and oxygen atoms in total. The van der Waals surface area contributed by atoms with Crippen molar-refractivity contribution in [1.29, 1.82) is 0 Å². The Hall–Kier alpha value is -2.70. The predicted molar refractivity (Wildman–Crippen MR) is 75.8 cm³/mol. The van der Waals surface area contributed by atoms with Gasteiger partial charge in [-0.3, -0.25) is 4.79 Å². The summed E-state index contributed by atoms with van der Waals surface area (Å²) in [5.41, 5.74) is 1.27. The van der Waals surface area contributed by atoms with Crippen LogP contribution < -0.4 is 0 Å². The zero-order chi connectivity index (χ0) is 14.8. The number of H-pyrrole nitrogens is 1. The number of rotatable bonds is 4. The van der Waals surface area contributed by atoms with Gasteiger partial charge in [-0.2, -0.15) is 5.21 Å². The molecule has 0 aliphatic rings. The van der Waals surface area contributed by atoms with Gasteiger partial charge >= 0.3 is 0 Å². The van der Waals surface area contributed by atoms with Gasteiger partial charge in [0, 0.05) is 24.9 Å². The minimum Gasteiger partial charge on any atom is -0.463 e. The number of fused-ring (bicyclic) bond motifs is 1. The van der Waals surface area contributed by atoms with Gasteiger partial charge in [0.25, 0.3) is 5.91 Å². The summed E-state index contributed by atoms with van der Waals surface area (Å²) < 4.78 is 5.41. The van der Waals surface area contributed by atoms with Gasteiger partial charge in [-0.1, -0.05) is 30.3 Å². The second-order valence-electron chi connectivity index (χ2n) is 5.00. The highest BCUT2D eigenvalue weighted by molar-refractivity contribution is 6.05. The maximum atomic E-state index is 12.5. The van der Waals surface area contributed by atoms with Crippen molar-refractivity contribution in [1.82, 2.24) is 25.5 Å². The molecule has 0 fully saturated rings. The van der Waals surface area contributed by atoms with Crippen molar-refractivity contribution in [3.8, 4) is 0 Å². The molecule has 0 saturated heterocycles. The molecule has 2 heterocycles. The molecule has 21 heavy (non-hydrogen) atoms. The first-order valence-electron chi connectivity index (χ1n) is 6.62. The molecule has 0 saturated carbocycles. The van der Waals surface area contributed by atoms with Crippen molar-refractivity contribution in [3.63, 3.8) is 0 Å². The van der Waals surface area contributed by atoms with Crippen LogP contribution in [0.4, 0.5) is 0 Å². The summed E-state index contributed by atoms with van der Waals surface area (Å²) in [6.07, 6.45) is 1.50. The molecule has 1 amide bonds. The van der Waals surface area contributed by atoms with Crippen molar-refractivity contribution in [2.24, 2.45) is 0 Å². The summed E-state index contributed by atoms with van der Waals surface area (Å²) >= 11 is 0. The number of carbonyl (C=O) groups excluding carboxylic acids is 1. The number of hydrogen-bond acceptors (Lipinski definition) is 5. The van der Waals surface area contributed by atoms with E-state index in [1.807, 2.05) is 31.2 Å². The number of benzene rings is 1. The van der Waals surface area contributed by atoms with Crippen LogP contribution in [0.25, 0.3) is 11.0 Å². The van der Waals surface area contributed by atoms with Crippen LogP contribution in [-0.2, 0) is 0 Å². The monoisotopic (exact) mass is 285 g/mol. The Kier molecular flexibility index (Phi) is 3.39. The van der Waals surface area contributed by atoms with Gasteiger partial charge in [0.1, 0.15) is 11.8 Å². The Labute approximate surface area is 120 Å². The Balaban J connectivity index is 1.78. The number of nitrogens with zero attached hydrogens (tertiary/aromatic N) is 4. The third-order valence-electron chi connectivity index (χ3n) is 3.41. The smallest absolute Gasteiger partial charge is 0.257 e. The van der Waals surface area contributed by atoms with Crippen molar-refractivity contribution in [2.75, 3.05) is 13.6 Å². The van der Waals surface area contributed by atoms with Gasteiger partial charge in [0.05, 0.1) is 5.56 Å². The van der Waals surface area contributed by atoms with Crippen LogP contribution in [0.5, 0.6) is 0 Å². The summed E-state index contributed by atoms with van der Waals surface area (Å²) in [7, 11) is 1.75. The second-order valence-corrected chi connectivity index (χ2v) is 5.00. The summed E-state index contributed by atoms with van der Waals surface area (Å²) in [5, 5.41) is 14.6. The van der Waals surface area contributed by atoms with Crippen LogP contribution in [-0.4, -0.2) is 45.0 Å². The van der Waals surface area contributed by atoms with Crippen molar-refractivity contribution >= 4 is 16.9 Å². The van der Waals surface area contributed by atoms with Crippen LogP contribution >= 0.6 is 0 Å². The van der Waals surface area contributed by atoms with E-state index in [1.165, 1.54) is 6.26 Å². The molecule has 108 valence electrons. The van der Waals surface area contributed by atoms with E-state index in [0.29, 0.717) is 23.5 Å². The summed E-state index contributed by atoms with van der Waals surface area (Å²) in [6.45, 7) is 2.44. The van der Waals surface area contributed by atoms with Gasteiger partial charge in [0.15, 0.2) is 5.82 Å². The predicted octanol–water partition coefficient (Wildman–Crippen LogP) is 1.82. The van der Waals surface area contributed by atoms with E-state index in [1.54, 1.807) is 11.9 Å². The summed E-state index contributed by atoms with van der Waals surface area (Å²) in [5.74, 6) is 0.498. The zero-order valence-corrected chi connectivity index (χ0v) is 11.8. The lowest BCUT2D eigenvalue weighted by molar-refractivity contribution is 0.0788. The van der Waals surface area contributed by atoms with Gasteiger partial charge in [-0.15, -0.1) is 10.2 Å². The molecule has 1 N–H and O–H groups in total. The number of amides is 1. The van der Waals surface area contributed by atoms with Crippen molar-refractivity contribution in [2.45, 2.75) is 12.8 Å². The van der Waals surface area contributed by atoms with Gasteiger partial charge in [-0.05, 0) is 6.07 Å². The molecule has 7 heteroatoms. The van der Waals surface area contributed by atoms with Crippen LogP contribution in [0, 0.1) is 0 Å². The molecule has 1 unspecified atom stereocenters. The largest absolute Gasteiger partial charge is 0.463 e. The number of nitrogens with one attached hydrogen (secondary N) is 1. The number of furan rings is 1. The van der Waals surface area contributed by atoms with Gasteiger partial charge in [0.2, 0.25) is 0 Å². The maximum absolute atomic E-state index is 12.5. The standard InChI is InChI=1S/C14H15N5O2/c1-9(13-15-17-18-16-13)7-19(2)14(20)11-8-21-12-6-4-3-5-10(11)12/h3-6,8-9H,7H2,1-2H3,(H,15,16,17,18). The topological polar surface area (TPSA) is 87.9 Å². The van der Waals surface area contributed by atoms with E-state index in [0.717, 1.165) is 5.39 Å². The number of aromatic amines is 1. The maximum Gasteiger partial charge on any atom is 0.257 e. The highest BCUT2D eigenvalue weighted by Gasteiger charge is 2.20. The molecule has 3 rings (SSSR count). The molecule has 1 atom stereocenters. The average molecular weight is 285 g/mol. The Bertz CT molecular complexity index is 750. The SMILES string of the molecule is CC(CN(C)C(=O)c1coc2ccccc12)c1nn[nH]n1. The third kappa shape index (κ3) is 2.49. The number of likely N-dealkylation sites (N-methyl/N-ethyl adjacent to an activating group) is 1. The van der Waals surface area contributed by atoms with E-state index in [-0.39, 0.29) is 11.8 Å². The van der Waals surface area contributed by atoms with E-state index in [4.69, 9.17) is 4.42 Å². The number of hydrogen-bond donors (Lipinski definition) is 1. The number of aromatic nitrogens is 4. The van der Waals surface area contributed by atoms with Crippen LogP contribution in [0.2, 0.25) is 0 Å². The minimum atomic E-state index is -0.0877. The molecule has 0 spiro atoms. The van der Waals surface area contributed by atoms with Crippen molar-refractivity contribution in [3.05, 3.63) is 41.9 Å². The lowest BCUT2D eigenvalue weighted by atomic mass is 10.1. The second kappa shape index (κ2) is 5.35. The molecule has 3 aromatic rings. The lowest BCUT2D eigenvalue weighted by Gasteiger charge is -2.19. The van der Waals surface area contributed by atoms with Gasteiger partial charge in [-0.25, -0.2) is 0 Å². The fourth-order valence-electron chi connectivity index (χ4n) is 2.30. The van der Waals surface area contributed by atoms with Crippen LogP contribution in [0.1, 0.15) is 29.0 Å². The van der Waals surface area contributed by atoms with Crippen LogP contribution in [0.15, 0.2) is 34.9 Å². The fraction of sp³-hybridized carbons (Fsp3) is 0.286. The highest BCUT2D eigenvalue weighted by Crippen LogP contribution is 2.22. The quantitative estimate of drug-likeness (QED) is 0.790. The molecule has 0 radical (unpaired) electrons. The Morgan fingerprint density at radius 3 is 3.00 bits per heavy atom. The molecule has 2 aromatic heterocycles. The van der Waals surface area contributed by atoms with E-state index in [2.05, 4.69) is 20.6 Å².